The Hall–Kier alpha value is -1.95. The molecule has 0 spiro atoms. The summed E-state index contributed by atoms with van der Waals surface area (Å²) < 4.78 is 0. The van der Waals surface area contributed by atoms with Crippen LogP contribution in [0, 0.1) is 10.1 Å². The van der Waals surface area contributed by atoms with Crippen molar-refractivity contribution >= 4 is 11.7 Å². The monoisotopic (exact) mass is 253 g/mol. The van der Waals surface area contributed by atoms with Crippen molar-refractivity contribution in [2.24, 2.45) is 0 Å². The molecular weight excluding hydrogens is 238 g/mol. The standard InChI is InChI=1S/C12H15NO5/c1-12(2,8-7-11(14)18-17)9-3-5-10(6-4-9)13(15)16/h3-6,17H,7-8H2,1-2H3. The van der Waals surface area contributed by atoms with Crippen LogP contribution in [0.1, 0.15) is 32.3 Å². The second-order valence-electron chi connectivity index (χ2n) is 4.65. The summed E-state index contributed by atoms with van der Waals surface area (Å²) >= 11 is 0. The summed E-state index contributed by atoms with van der Waals surface area (Å²) in [4.78, 5) is 24.5. The summed E-state index contributed by atoms with van der Waals surface area (Å²) in [5, 5.41) is 18.7. The fourth-order valence-electron chi connectivity index (χ4n) is 1.64. The molecule has 0 fully saturated rings. The van der Waals surface area contributed by atoms with Gasteiger partial charge in [-0.25, -0.2) is 4.79 Å². The maximum atomic E-state index is 10.9. The van der Waals surface area contributed by atoms with Gasteiger partial charge in [0.2, 0.25) is 0 Å². The Bertz CT molecular complexity index is 438. The second kappa shape index (κ2) is 5.59. The van der Waals surface area contributed by atoms with Gasteiger partial charge in [0.25, 0.3) is 5.69 Å². The number of nitro groups is 1. The van der Waals surface area contributed by atoms with Crippen LogP contribution in [0.25, 0.3) is 0 Å². The normalized spacial score (nSPS) is 11.1. The Labute approximate surface area is 104 Å². The van der Waals surface area contributed by atoms with Gasteiger partial charge in [-0.1, -0.05) is 26.0 Å². The molecule has 0 saturated carbocycles. The molecule has 0 aliphatic rings. The fraction of sp³-hybridized carbons (Fsp3) is 0.417. The van der Waals surface area contributed by atoms with Crippen LogP contribution in [0.5, 0.6) is 0 Å². The van der Waals surface area contributed by atoms with Gasteiger partial charge in [-0.2, -0.15) is 5.26 Å². The summed E-state index contributed by atoms with van der Waals surface area (Å²) in [6, 6.07) is 6.20. The number of nitrogens with zero attached hydrogens (tertiary/aromatic N) is 1. The zero-order chi connectivity index (χ0) is 13.8. The molecule has 0 aliphatic heterocycles. The van der Waals surface area contributed by atoms with E-state index in [1.54, 1.807) is 12.1 Å². The van der Waals surface area contributed by atoms with E-state index in [0.29, 0.717) is 6.42 Å². The van der Waals surface area contributed by atoms with E-state index in [4.69, 9.17) is 5.26 Å². The van der Waals surface area contributed by atoms with Gasteiger partial charge >= 0.3 is 5.97 Å². The van der Waals surface area contributed by atoms with Gasteiger partial charge in [-0.15, -0.1) is 0 Å². The van der Waals surface area contributed by atoms with Crippen LogP contribution in [-0.4, -0.2) is 16.1 Å². The van der Waals surface area contributed by atoms with Crippen LogP contribution in [0.2, 0.25) is 0 Å². The number of benzene rings is 1. The molecule has 18 heavy (non-hydrogen) atoms. The summed E-state index contributed by atoms with van der Waals surface area (Å²) in [7, 11) is 0. The molecule has 0 unspecified atom stereocenters. The highest BCUT2D eigenvalue weighted by Crippen LogP contribution is 2.29. The quantitative estimate of drug-likeness (QED) is 0.495. The van der Waals surface area contributed by atoms with Gasteiger partial charge in [-0.05, 0) is 17.4 Å². The maximum absolute atomic E-state index is 10.9. The van der Waals surface area contributed by atoms with Crippen molar-refractivity contribution < 1.29 is 19.9 Å². The second-order valence-corrected chi connectivity index (χ2v) is 4.65. The molecule has 1 N–H and O–H groups in total. The van der Waals surface area contributed by atoms with E-state index < -0.39 is 10.9 Å². The van der Waals surface area contributed by atoms with Gasteiger partial charge in [-0.3, -0.25) is 10.1 Å². The van der Waals surface area contributed by atoms with Crippen molar-refractivity contribution in [3.8, 4) is 0 Å². The van der Waals surface area contributed by atoms with E-state index in [0.717, 1.165) is 5.56 Å². The maximum Gasteiger partial charge on any atom is 0.342 e. The highest BCUT2D eigenvalue weighted by molar-refractivity contribution is 5.68. The number of hydrogen-bond acceptors (Lipinski definition) is 5. The molecule has 6 nitrogen and oxygen atoms in total. The van der Waals surface area contributed by atoms with Gasteiger partial charge in [0.05, 0.1) is 4.92 Å². The van der Waals surface area contributed by atoms with E-state index in [9.17, 15) is 14.9 Å². The fourth-order valence-corrected chi connectivity index (χ4v) is 1.64. The third-order valence-electron chi connectivity index (χ3n) is 2.92. The lowest BCUT2D eigenvalue weighted by atomic mass is 9.80. The van der Waals surface area contributed by atoms with E-state index in [1.807, 2.05) is 13.8 Å². The summed E-state index contributed by atoms with van der Waals surface area (Å²) in [5.74, 6) is -0.690. The molecule has 0 bridgehead atoms. The number of hydrogen-bond donors (Lipinski definition) is 1. The Morgan fingerprint density at radius 3 is 2.39 bits per heavy atom. The first kappa shape index (κ1) is 14.1. The van der Waals surface area contributed by atoms with Gasteiger partial charge in [0, 0.05) is 18.6 Å². The highest BCUT2D eigenvalue weighted by Gasteiger charge is 2.23. The summed E-state index contributed by atoms with van der Waals surface area (Å²) in [6.07, 6.45) is 0.560. The number of rotatable bonds is 5. The minimum absolute atomic E-state index is 0.0318. The summed E-state index contributed by atoms with van der Waals surface area (Å²) in [6.45, 7) is 3.83. The summed E-state index contributed by atoms with van der Waals surface area (Å²) in [5.41, 5.74) is 0.590. The van der Waals surface area contributed by atoms with Gasteiger partial charge < -0.3 is 4.89 Å². The van der Waals surface area contributed by atoms with Crippen LogP contribution in [0.15, 0.2) is 24.3 Å². The van der Waals surface area contributed by atoms with Gasteiger partial charge in [0.1, 0.15) is 0 Å². The lowest BCUT2D eigenvalue weighted by Gasteiger charge is -2.24. The third-order valence-corrected chi connectivity index (χ3v) is 2.92. The molecule has 1 aromatic rings. The zero-order valence-electron chi connectivity index (χ0n) is 10.3. The van der Waals surface area contributed by atoms with Crippen LogP contribution in [0.3, 0.4) is 0 Å². The lowest BCUT2D eigenvalue weighted by molar-refractivity contribution is -0.384. The van der Waals surface area contributed by atoms with Crippen LogP contribution >= 0.6 is 0 Å². The largest absolute Gasteiger partial charge is 0.342 e. The average molecular weight is 253 g/mol. The molecule has 98 valence electrons. The SMILES string of the molecule is CC(C)(CCC(=O)OO)c1ccc([N+](=O)[O-])cc1. The molecule has 0 heterocycles. The predicted octanol–water partition coefficient (Wildman–Crippen LogP) is 2.67. The van der Waals surface area contributed by atoms with Crippen molar-refractivity contribution in [3.05, 3.63) is 39.9 Å². The number of non-ortho nitro benzene ring substituents is 1. The molecule has 0 amide bonds. The minimum atomic E-state index is -0.690. The van der Waals surface area contributed by atoms with Crippen molar-refractivity contribution in [2.75, 3.05) is 0 Å². The molecule has 0 atom stereocenters. The molecule has 1 rings (SSSR count). The Kier molecular flexibility index (Phi) is 4.38. The third kappa shape index (κ3) is 3.53. The Morgan fingerprint density at radius 2 is 1.94 bits per heavy atom. The molecule has 1 aromatic carbocycles. The Morgan fingerprint density at radius 1 is 1.39 bits per heavy atom. The number of carbonyl (C=O) groups is 1. The average Bonchev–Trinajstić information content (AvgIpc) is 2.36. The van der Waals surface area contributed by atoms with Crippen molar-refractivity contribution in [1.82, 2.24) is 0 Å². The topological polar surface area (TPSA) is 89.7 Å². The smallest absolute Gasteiger partial charge is 0.301 e. The molecular formula is C12H15NO5. The highest BCUT2D eigenvalue weighted by atomic mass is 17.1. The molecule has 6 heteroatoms. The predicted molar refractivity (Wildman–Crippen MR) is 64.1 cm³/mol. The first-order valence-corrected chi connectivity index (χ1v) is 5.46. The van der Waals surface area contributed by atoms with E-state index in [1.165, 1.54) is 12.1 Å². The van der Waals surface area contributed by atoms with Crippen LogP contribution in [0.4, 0.5) is 5.69 Å². The van der Waals surface area contributed by atoms with Crippen LogP contribution in [-0.2, 0) is 15.1 Å². The molecule has 0 saturated heterocycles. The molecule has 0 radical (unpaired) electrons. The molecule has 0 aromatic heterocycles. The van der Waals surface area contributed by atoms with E-state index in [-0.39, 0.29) is 17.5 Å². The van der Waals surface area contributed by atoms with Gasteiger partial charge in [0.15, 0.2) is 0 Å². The number of nitro benzene ring substituents is 1. The lowest BCUT2D eigenvalue weighted by Crippen LogP contribution is -2.19. The van der Waals surface area contributed by atoms with Crippen molar-refractivity contribution in [2.45, 2.75) is 32.1 Å². The van der Waals surface area contributed by atoms with Crippen molar-refractivity contribution in [1.29, 1.82) is 0 Å². The van der Waals surface area contributed by atoms with Crippen molar-refractivity contribution in [3.63, 3.8) is 0 Å². The Balaban J connectivity index is 2.78. The first-order chi connectivity index (χ1) is 8.36. The van der Waals surface area contributed by atoms with E-state index in [2.05, 4.69) is 4.89 Å². The molecule has 0 aliphatic carbocycles. The van der Waals surface area contributed by atoms with E-state index >= 15 is 0 Å². The zero-order valence-corrected chi connectivity index (χ0v) is 10.3. The minimum Gasteiger partial charge on any atom is -0.301 e. The number of carbonyl (C=O) groups excluding carboxylic acids is 1. The first-order valence-electron chi connectivity index (χ1n) is 5.46. The van der Waals surface area contributed by atoms with Crippen LogP contribution < -0.4 is 0 Å².